The predicted molar refractivity (Wildman–Crippen MR) is 96.5 cm³/mol. The molecule has 0 saturated carbocycles. The summed E-state index contributed by atoms with van der Waals surface area (Å²) in [5, 5.41) is 0. The summed E-state index contributed by atoms with van der Waals surface area (Å²) in [6, 6.07) is 4.24. The second-order valence-electron chi connectivity index (χ2n) is 6.93. The molecule has 5 nitrogen and oxygen atoms in total. The molecule has 0 aliphatic carbocycles. The van der Waals surface area contributed by atoms with Gasteiger partial charge in [0.05, 0.1) is 6.42 Å². The SMILES string of the molecule is CNS(=O)(=O)OC(=O)Cc1c(C(C)C)cc(C(C)C)cc1C(C)C. The third-order valence-corrected chi connectivity index (χ3v) is 4.93. The zero-order chi connectivity index (χ0) is 18.7. The molecule has 0 aliphatic heterocycles. The normalized spacial score (nSPS) is 12.2. The molecule has 1 aromatic carbocycles. The number of nitrogens with one attached hydrogen (secondary N) is 1. The van der Waals surface area contributed by atoms with Gasteiger partial charge in [0.2, 0.25) is 0 Å². The first-order valence-electron chi connectivity index (χ1n) is 8.30. The standard InChI is InChI=1S/C18H29NO4S/c1-11(2)14-8-15(12(3)4)17(16(9-14)13(5)6)10-18(20)23-24(21,22)19-7/h8-9,11-13,19H,10H2,1-7H3. The van der Waals surface area contributed by atoms with Crippen LogP contribution < -0.4 is 4.72 Å². The van der Waals surface area contributed by atoms with Crippen LogP contribution in [0.3, 0.4) is 0 Å². The van der Waals surface area contributed by atoms with Crippen LogP contribution in [0.4, 0.5) is 0 Å². The van der Waals surface area contributed by atoms with Crippen molar-refractivity contribution < 1.29 is 17.4 Å². The van der Waals surface area contributed by atoms with Gasteiger partial charge < -0.3 is 4.18 Å². The monoisotopic (exact) mass is 355 g/mol. The molecule has 1 aromatic rings. The van der Waals surface area contributed by atoms with Crippen LogP contribution in [0.25, 0.3) is 0 Å². The summed E-state index contributed by atoms with van der Waals surface area (Å²) in [7, 11) is -2.82. The Morgan fingerprint density at radius 3 is 1.79 bits per heavy atom. The highest BCUT2D eigenvalue weighted by Crippen LogP contribution is 2.32. The topological polar surface area (TPSA) is 72.5 Å². The predicted octanol–water partition coefficient (Wildman–Crippen LogP) is 3.61. The number of benzene rings is 1. The lowest BCUT2D eigenvalue weighted by Crippen LogP contribution is -2.26. The Morgan fingerprint density at radius 2 is 1.46 bits per heavy atom. The van der Waals surface area contributed by atoms with Crippen molar-refractivity contribution in [2.24, 2.45) is 0 Å². The number of carbonyl (C=O) groups excluding carboxylic acids is 1. The summed E-state index contributed by atoms with van der Waals surface area (Å²) < 4.78 is 29.4. The van der Waals surface area contributed by atoms with E-state index in [4.69, 9.17) is 0 Å². The summed E-state index contributed by atoms with van der Waals surface area (Å²) in [4.78, 5) is 12.1. The van der Waals surface area contributed by atoms with Crippen molar-refractivity contribution in [2.45, 2.75) is 65.7 Å². The molecule has 0 amide bonds. The van der Waals surface area contributed by atoms with Crippen LogP contribution in [-0.4, -0.2) is 21.4 Å². The molecule has 0 atom stereocenters. The van der Waals surface area contributed by atoms with Crippen molar-refractivity contribution >= 4 is 16.3 Å². The van der Waals surface area contributed by atoms with Crippen LogP contribution in [0.2, 0.25) is 0 Å². The number of carbonyl (C=O) groups is 1. The minimum atomic E-state index is -4.03. The van der Waals surface area contributed by atoms with Crippen molar-refractivity contribution in [1.82, 2.24) is 4.72 Å². The van der Waals surface area contributed by atoms with Crippen LogP contribution in [0.1, 0.15) is 81.5 Å². The molecule has 1 N–H and O–H groups in total. The van der Waals surface area contributed by atoms with Gasteiger partial charge in [0.15, 0.2) is 0 Å². The summed E-state index contributed by atoms with van der Waals surface area (Å²) in [5.74, 6) is 0.0610. The molecule has 0 bridgehead atoms. The van der Waals surface area contributed by atoms with Gasteiger partial charge in [-0.15, -0.1) is 0 Å². The average molecular weight is 356 g/mol. The zero-order valence-corrected chi connectivity index (χ0v) is 16.5. The van der Waals surface area contributed by atoms with E-state index >= 15 is 0 Å². The van der Waals surface area contributed by atoms with Gasteiger partial charge in [0.1, 0.15) is 0 Å². The highest BCUT2D eigenvalue weighted by molar-refractivity contribution is 7.85. The number of hydrogen-bond acceptors (Lipinski definition) is 4. The second kappa shape index (κ2) is 8.12. The van der Waals surface area contributed by atoms with Crippen molar-refractivity contribution in [3.8, 4) is 0 Å². The number of rotatable bonds is 7. The highest BCUT2D eigenvalue weighted by atomic mass is 32.2. The van der Waals surface area contributed by atoms with Crippen LogP contribution in [-0.2, 0) is 25.7 Å². The Balaban J connectivity index is 3.36. The summed E-state index contributed by atoms with van der Waals surface area (Å²) in [5.41, 5.74) is 4.25. The lowest BCUT2D eigenvalue weighted by molar-refractivity contribution is -0.133. The first-order valence-corrected chi connectivity index (χ1v) is 9.71. The quantitative estimate of drug-likeness (QED) is 0.811. The van der Waals surface area contributed by atoms with E-state index in [2.05, 4.69) is 57.9 Å². The fraction of sp³-hybridized carbons (Fsp3) is 0.611. The Labute approximate surface area is 146 Å². The van der Waals surface area contributed by atoms with Gasteiger partial charge in [-0.2, -0.15) is 13.1 Å². The molecule has 0 heterocycles. The first kappa shape index (κ1) is 20.6. The molecule has 0 radical (unpaired) electrons. The fourth-order valence-electron chi connectivity index (χ4n) is 2.65. The third-order valence-electron chi connectivity index (χ3n) is 4.03. The third kappa shape index (κ3) is 5.31. The molecule has 0 fully saturated rings. The van der Waals surface area contributed by atoms with Gasteiger partial charge >= 0.3 is 16.3 Å². The van der Waals surface area contributed by atoms with Gasteiger partial charge in [-0.3, -0.25) is 4.79 Å². The van der Waals surface area contributed by atoms with E-state index in [9.17, 15) is 13.2 Å². The molecule has 136 valence electrons. The molecule has 0 aliphatic rings. The summed E-state index contributed by atoms with van der Waals surface area (Å²) in [6.45, 7) is 12.6. The van der Waals surface area contributed by atoms with E-state index < -0.39 is 16.3 Å². The molecule has 6 heteroatoms. The minimum Gasteiger partial charge on any atom is -0.334 e. The lowest BCUT2D eigenvalue weighted by atomic mass is 9.83. The molecule has 0 spiro atoms. The largest absolute Gasteiger partial charge is 0.384 e. The van der Waals surface area contributed by atoms with E-state index in [0.29, 0.717) is 5.92 Å². The minimum absolute atomic E-state index is 0.0552. The van der Waals surface area contributed by atoms with Crippen molar-refractivity contribution in [3.63, 3.8) is 0 Å². The van der Waals surface area contributed by atoms with Gasteiger partial charge in [0, 0.05) is 7.05 Å². The van der Waals surface area contributed by atoms with E-state index in [1.807, 2.05) is 4.72 Å². The first-order chi connectivity index (χ1) is 11.0. The van der Waals surface area contributed by atoms with Gasteiger partial charge in [0.25, 0.3) is 0 Å². The molecular formula is C18H29NO4S. The molecule has 24 heavy (non-hydrogen) atoms. The molecule has 0 saturated heterocycles. The Bertz CT molecular complexity index is 662. The summed E-state index contributed by atoms with van der Waals surface area (Å²) in [6.07, 6.45) is -0.0552. The van der Waals surface area contributed by atoms with E-state index in [1.54, 1.807) is 0 Å². The maximum absolute atomic E-state index is 12.1. The highest BCUT2D eigenvalue weighted by Gasteiger charge is 2.22. The van der Waals surface area contributed by atoms with Crippen molar-refractivity contribution in [1.29, 1.82) is 0 Å². The molecular weight excluding hydrogens is 326 g/mol. The number of hydrogen-bond donors (Lipinski definition) is 1. The van der Waals surface area contributed by atoms with Gasteiger partial charge in [-0.25, -0.2) is 0 Å². The average Bonchev–Trinajstić information content (AvgIpc) is 2.45. The van der Waals surface area contributed by atoms with Gasteiger partial charge in [-0.05, 0) is 40.0 Å². The van der Waals surface area contributed by atoms with Crippen LogP contribution in [0.15, 0.2) is 12.1 Å². The Hall–Kier alpha value is -1.40. The van der Waals surface area contributed by atoms with Crippen LogP contribution in [0.5, 0.6) is 0 Å². The van der Waals surface area contributed by atoms with Crippen LogP contribution >= 0.6 is 0 Å². The van der Waals surface area contributed by atoms with E-state index in [-0.39, 0.29) is 18.3 Å². The smallest absolute Gasteiger partial charge is 0.334 e. The Morgan fingerprint density at radius 1 is 1.00 bits per heavy atom. The van der Waals surface area contributed by atoms with Gasteiger partial charge in [-0.1, -0.05) is 53.7 Å². The maximum Gasteiger partial charge on any atom is 0.384 e. The van der Waals surface area contributed by atoms with Crippen molar-refractivity contribution in [3.05, 3.63) is 34.4 Å². The van der Waals surface area contributed by atoms with E-state index in [0.717, 1.165) is 16.7 Å². The molecule has 1 rings (SSSR count). The lowest BCUT2D eigenvalue weighted by Gasteiger charge is -2.22. The second-order valence-corrected chi connectivity index (χ2v) is 8.42. The summed E-state index contributed by atoms with van der Waals surface area (Å²) >= 11 is 0. The molecule has 0 aromatic heterocycles. The zero-order valence-electron chi connectivity index (χ0n) is 15.6. The fourth-order valence-corrected chi connectivity index (χ4v) is 3.03. The Kier molecular flexibility index (Phi) is 6.98. The molecule has 0 unspecified atom stereocenters. The van der Waals surface area contributed by atoms with Crippen molar-refractivity contribution in [2.75, 3.05) is 7.05 Å². The maximum atomic E-state index is 12.1. The van der Waals surface area contributed by atoms with Crippen LogP contribution in [0, 0.1) is 0 Å². The van der Waals surface area contributed by atoms with E-state index in [1.165, 1.54) is 12.6 Å².